The average molecular weight is 1950 g/mol. The largest absolute Gasteiger partial charge is 0.309 e. The lowest BCUT2D eigenvalue weighted by atomic mass is 10.0. The molecule has 30 aromatic rings. The molecule has 0 amide bonds. The van der Waals surface area contributed by atoms with Crippen LogP contribution < -0.4 is 0 Å². The summed E-state index contributed by atoms with van der Waals surface area (Å²) in [5.74, 6) is -2.18. The van der Waals surface area contributed by atoms with Crippen LogP contribution in [0.5, 0.6) is 0 Å². The molecule has 0 atom stereocenters. The fraction of sp³-hybridized carbons (Fsp3) is 0. The summed E-state index contributed by atoms with van der Waals surface area (Å²) in [5.41, 5.74) is 17.0. The van der Waals surface area contributed by atoms with Gasteiger partial charge in [-0.15, -0.1) is 0 Å². The van der Waals surface area contributed by atoms with E-state index in [-0.39, 0.29) is 86.2 Å². The summed E-state index contributed by atoms with van der Waals surface area (Å²) in [6, 6.07) is 97.2. The van der Waals surface area contributed by atoms with Gasteiger partial charge in [-0.1, -0.05) is 430 Å². The number of hydrogen-bond donors (Lipinski definition) is 0. The first-order chi connectivity index (χ1) is 86.9. The quantitative estimate of drug-likeness (QED) is 0.0979. The molecule has 0 bridgehead atoms. The van der Waals surface area contributed by atoms with E-state index in [0.29, 0.717) is 33.1 Å². The molecule has 9 aromatic heterocycles. The molecule has 15 nitrogen and oxygen atoms in total. The van der Waals surface area contributed by atoms with E-state index < -0.39 is 181 Å². The first-order valence-electron chi connectivity index (χ1n) is 62.9. The third kappa shape index (κ3) is 15.1. The van der Waals surface area contributed by atoms with Crippen LogP contribution in [0.15, 0.2) is 527 Å². The number of para-hydroxylation sites is 7. The molecule has 0 aliphatic carbocycles. The van der Waals surface area contributed by atoms with Gasteiger partial charge in [0.2, 0.25) is 17.8 Å². The standard InChI is InChI=1S/3C45H29N5/c1-4-16-30(17-5-1)33-22-10-13-25-36(33)49-37-26-14-11-23-34(37)41-39(49)28-29-40-42(41)35-24-12-15-27-38(35)50(40)45-47-43(31-18-6-2-7-19-31)46-44(48-45)32-20-8-3-9-21-32;1-4-15-30(16-5-1)33-21-14-22-34(29-33)49-37-25-12-10-23-35(37)41-39(49)27-28-40-42(41)36-24-11-13-26-38(36)50(40)45-47-43(31-17-6-2-7-18-31)46-44(48-45)32-19-8-3-9-20-32;1-4-14-30(15-5-1)31-24-26-34(27-25-31)49-38-22-12-10-20-35(38)36-28-29-40-41(42(36)49)37-21-11-13-23-39(37)50(40)45-47-43(32-16-6-2-7-17-32)46-44(48-45)33-18-8-3-9-19-33/h3*1-29H/i2D,3D,6D,7D,8D,9D,18D,19D,20D,21D;2D,3D,6D,7D,8D,9D,17D,18D,19D,20D;2D,3D,6D,7D,8D,9D,16D,17D,18D,19D. The van der Waals surface area contributed by atoms with E-state index in [0.717, 1.165) is 148 Å². The van der Waals surface area contributed by atoms with Gasteiger partial charge in [0, 0.05) is 115 Å². The molecular weight excluding hydrogens is 1830 g/mol. The van der Waals surface area contributed by atoms with Gasteiger partial charge in [0.05, 0.1) is 113 Å². The van der Waals surface area contributed by atoms with Crippen molar-refractivity contribution in [3.63, 3.8) is 0 Å². The molecule has 0 saturated carbocycles. The van der Waals surface area contributed by atoms with E-state index in [1.807, 2.05) is 218 Å². The molecule has 30 rings (SSSR count). The van der Waals surface area contributed by atoms with Crippen molar-refractivity contribution in [3.05, 3.63) is 527 Å². The van der Waals surface area contributed by atoms with Gasteiger partial charge < -0.3 is 13.7 Å². The van der Waals surface area contributed by atoms with Gasteiger partial charge in [0.1, 0.15) is 0 Å². The van der Waals surface area contributed by atoms with Gasteiger partial charge in [-0.05, 0) is 125 Å². The molecule has 0 saturated heterocycles. The van der Waals surface area contributed by atoms with Crippen LogP contribution in [0.3, 0.4) is 0 Å². The summed E-state index contributed by atoms with van der Waals surface area (Å²) >= 11 is 0. The van der Waals surface area contributed by atoms with Gasteiger partial charge in [-0.2, -0.15) is 29.9 Å². The predicted molar refractivity (Wildman–Crippen MR) is 614 cm³/mol. The Morgan fingerprint density at radius 2 is 0.427 bits per heavy atom. The monoisotopic (exact) mass is 1950 g/mol. The Hall–Kier alpha value is -20.5. The first-order valence-corrected chi connectivity index (χ1v) is 47.9. The smallest absolute Gasteiger partial charge is 0.238 e. The van der Waals surface area contributed by atoms with Gasteiger partial charge in [0.25, 0.3) is 0 Å². The number of fused-ring (bicyclic) bond motifs is 21. The van der Waals surface area contributed by atoms with Crippen LogP contribution in [-0.2, 0) is 0 Å². The van der Waals surface area contributed by atoms with Crippen molar-refractivity contribution < 1.29 is 41.1 Å². The van der Waals surface area contributed by atoms with Gasteiger partial charge in [0.15, 0.2) is 34.9 Å². The number of nitrogens with zero attached hydrogens (tertiary/aromatic N) is 15. The van der Waals surface area contributed by atoms with Crippen LogP contribution in [0.1, 0.15) is 41.1 Å². The lowest BCUT2D eigenvalue weighted by molar-refractivity contribution is 0.953. The fourth-order valence-corrected chi connectivity index (χ4v) is 20.7. The average Bonchev–Trinajstić information content (AvgIpc) is 1.54. The van der Waals surface area contributed by atoms with Crippen LogP contribution in [-0.4, -0.2) is 72.3 Å². The predicted octanol–water partition coefficient (Wildman–Crippen LogP) is 33.2. The zero-order chi connectivity index (χ0) is 125. The Labute approximate surface area is 903 Å². The number of rotatable bonds is 15. The molecule has 0 fully saturated rings. The Bertz CT molecular complexity index is 12100. The highest BCUT2D eigenvalue weighted by Crippen LogP contribution is 2.49. The van der Waals surface area contributed by atoms with Crippen molar-refractivity contribution in [2.45, 2.75) is 0 Å². The second-order valence-electron chi connectivity index (χ2n) is 35.2. The Kier molecular flexibility index (Phi) is 15.2. The van der Waals surface area contributed by atoms with Crippen molar-refractivity contribution in [1.29, 1.82) is 0 Å². The summed E-state index contributed by atoms with van der Waals surface area (Å²) < 4.78 is 268. The molecule has 0 aliphatic rings. The molecule has 0 aliphatic heterocycles. The molecule has 702 valence electrons. The third-order valence-corrected chi connectivity index (χ3v) is 26.9. The maximum absolute atomic E-state index is 8.81. The van der Waals surface area contributed by atoms with Crippen molar-refractivity contribution in [1.82, 2.24) is 72.3 Å². The SMILES string of the molecule is [2H]c1c([2H])c([2H])c(-c2nc(-c3c([2H])c([2H])c([2H])c([2H])c3[2H])nc(-n3c4ccccc4c4c3ccc3c5ccccc5n(-c5ccc(-c6ccccc6)cc5)c34)n2)c([2H])c1[2H].[2H]c1c([2H])c([2H])c(-c2nc(-c3c([2H])c([2H])c([2H])c([2H])c3[2H])nc(-n3c4ccccc4c4c5c6ccccc6n(-c6cccc(-c7ccccc7)c6)c5ccc43)n2)c([2H])c1[2H].[2H]c1c([2H])c([2H])c(-c2nc(-c3c([2H])c([2H])c([2H])c([2H])c3[2H])nc(-n3c4ccccc4c4c5c6ccccc6n(-c6ccccc6-c6ccccc6)c5ccc43)n2)c([2H])c1[2H]. The molecule has 0 radical (unpaired) electrons. The van der Waals surface area contributed by atoms with E-state index in [1.54, 1.807) is 13.7 Å². The third-order valence-electron chi connectivity index (χ3n) is 26.9. The molecule has 0 N–H and O–H groups in total. The maximum atomic E-state index is 8.81. The summed E-state index contributed by atoms with van der Waals surface area (Å²) in [5, 5.41) is 11.0. The van der Waals surface area contributed by atoms with Crippen LogP contribution >= 0.6 is 0 Å². The highest BCUT2D eigenvalue weighted by atomic mass is 15.2. The van der Waals surface area contributed by atoms with E-state index >= 15 is 0 Å². The highest BCUT2D eigenvalue weighted by Gasteiger charge is 2.30. The molecule has 21 aromatic carbocycles. The van der Waals surface area contributed by atoms with Crippen LogP contribution in [0.4, 0.5) is 0 Å². The van der Waals surface area contributed by atoms with Gasteiger partial charge in [-0.25, -0.2) is 15.0 Å². The minimum Gasteiger partial charge on any atom is -0.309 e. The Balaban J connectivity index is 0.000000123. The second kappa shape index (κ2) is 37.0. The summed E-state index contributed by atoms with van der Waals surface area (Å²) in [7, 11) is 0. The topological polar surface area (TPSA) is 146 Å². The van der Waals surface area contributed by atoms with Crippen molar-refractivity contribution in [3.8, 4) is 137 Å². The van der Waals surface area contributed by atoms with E-state index in [4.69, 9.17) is 71.0 Å². The maximum Gasteiger partial charge on any atom is 0.238 e. The minimum atomic E-state index is -0.610. The lowest BCUT2D eigenvalue weighted by Gasteiger charge is -2.14. The van der Waals surface area contributed by atoms with E-state index in [1.165, 1.54) is 0 Å². The van der Waals surface area contributed by atoms with Crippen LogP contribution in [0.25, 0.3) is 267 Å². The van der Waals surface area contributed by atoms with Crippen LogP contribution in [0, 0.1) is 0 Å². The highest BCUT2D eigenvalue weighted by molar-refractivity contribution is 6.31. The Morgan fingerprint density at radius 3 is 0.813 bits per heavy atom. The van der Waals surface area contributed by atoms with Crippen molar-refractivity contribution >= 4 is 131 Å². The van der Waals surface area contributed by atoms with E-state index in [2.05, 4.69) is 156 Å². The van der Waals surface area contributed by atoms with E-state index in [9.17, 15) is 0 Å². The summed E-state index contributed by atoms with van der Waals surface area (Å²) in [4.78, 5) is 42.2. The molecule has 0 spiro atoms. The molecule has 150 heavy (non-hydrogen) atoms. The number of aromatic nitrogens is 15. The first kappa shape index (κ1) is 61.4. The zero-order valence-electron chi connectivity index (χ0n) is 109. The Morgan fingerprint density at radius 1 is 0.153 bits per heavy atom. The zero-order valence-corrected chi connectivity index (χ0v) is 78.6. The van der Waals surface area contributed by atoms with Crippen molar-refractivity contribution in [2.75, 3.05) is 0 Å². The summed E-state index contributed by atoms with van der Waals surface area (Å²) in [6.07, 6.45) is 0. The normalized spacial score (nSPS) is 14.4. The lowest BCUT2D eigenvalue weighted by Crippen LogP contribution is -2.06. The fourth-order valence-electron chi connectivity index (χ4n) is 20.7. The van der Waals surface area contributed by atoms with Gasteiger partial charge >= 0.3 is 0 Å². The summed E-state index contributed by atoms with van der Waals surface area (Å²) in [6.45, 7) is 0. The molecule has 15 heteroatoms. The molecule has 0 unspecified atom stereocenters. The molecule has 9 heterocycles. The number of hydrogen-bond acceptors (Lipinski definition) is 9. The van der Waals surface area contributed by atoms with Crippen LogP contribution in [0.2, 0.25) is 0 Å². The minimum absolute atomic E-state index is 0.0570. The van der Waals surface area contributed by atoms with Crippen molar-refractivity contribution in [2.24, 2.45) is 0 Å². The number of benzene rings is 21. The molecular formula is C135H87N15. The van der Waals surface area contributed by atoms with Gasteiger partial charge in [-0.3, -0.25) is 13.7 Å². The second-order valence-corrected chi connectivity index (χ2v) is 35.2.